The normalized spacial score (nSPS) is 9.83. The highest BCUT2D eigenvalue weighted by molar-refractivity contribution is 7.24. The molecule has 0 spiro atoms. The van der Waals surface area contributed by atoms with Gasteiger partial charge in [-0.15, -0.1) is 22.7 Å². The van der Waals surface area contributed by atoms with Gasteiger partial charge in [0, 0.05) is 25.2 Å². The Kier molecular flexibility index (Phi) is 4.25. The van der Waals surface area contributed by atoms with E-state index in [0.717, 1.165) is 25.9 Å². The molecule has 2 heterocycles. The molecule has 3 aromatic rings. The minimum absolute atomic E-state index is 0.118. The van der Waals surface area contributed by atoms with Crippen molar-refractivity contribution in [3.8, 4) is 32.3 Å². The first-order valence-electron chi connectivity index (χ1n) is 6.77. The Hall–Kier alpha value is -2.86. The topological polar surface area (TPSA) is 73.6 Å². The van der Waals surface area contributed by atoms with E-state index in [1.807, 2.05) is 48.5 Å². The predicted octanol–water partition coefficient (Wildman–Crippen LogP) is 5.16. The standard InChI is InChI=1S/C18H11N3S2/c19-10-12(11-20)9-15-5-6-17(22-15)18-8-7-16(23-18)13-1-3-14(21)4-2-13/h1-9H,21H2. The van der Waals surface area contributed by atoms with Gasteiger partial charge in [-0.05, 0) is 48.0 Å². The Morgan fingerprint density at radius 2 is 1.43 bits per heavy atom. The quantitative estimate of drug-likeness (QED) is 0.531. The zero-order valence-electron chi connectivity index (χ0n) is 12.0. The molecule has 0 aliphatic rings. The van der Waals surface area contributed by atoms with Crippen molar-refractivity contribution >= 4 is 34.4 Å². The molecule has 0 amide bonds. The second-order valence-electron chi connectivity index (χ2n) is 4.77. The van der Waals surface area contributed by atoms with Gasteiger partial charge in [0.25, 0.3) is 0 Å². The van der Waals surface area contributed by atoms with Crippen LogP contribution in [0.2, 0.25) is 0 Å². The average Bonchev–Trinajstić information content (AvgIpc) is 3.22. The van der Waals surface area contributed by atoms with E-state index in [2.05, 4.69) is 12.1 Å². The van der Waals surface area contributed by atoms with E-state index in [9.17, 15) is 0 Å². The number of thiophene rings is 2. The van der Waals surface area contributed by atoms with Gasteiger partial charge in [0.05, 0.1) is 0 Å². The third-order valence-electron chi connectivity index (χ3n) is 3.20. The second-order valence-corrected chi connectivity index (χ2v) is 6.97. The Balaban J connectivity index is 1.88. The summed E-state index contributed by atoms with van der Waals surface area (Å²) in [5.41, 5.74) is 7.74. The first-order chi connectivity index (χ1) is 11.2. The summed E-state index contributed by atoms with van der Waals surface area (Å²) >= 11 is 3.28. The van der Waals surface area contributed by atoms with Gasteiger partial charge in [-0.25, -0.2) is 0 Å². The van der Waals surface area contributed by atoms with Gasteiger partial charge < -0.3 is 5.73 Å². The van der Waals surface area contributed by atoms with Crippen LogP contribution in [0.5, 0.6) is 0 Å². The fourth-order valence-corrected chi connectivity index (χ4v) is 4.12. The lowest BCUT2D eigenvalue weighted by Gasteiger charge is -1.97. The number of anilines is 1. The maximum atomic E-state index is 8.82. The van der Waals surface area contributed by atoms with E-state index < -0.39 is 0 Å². The third-order valence-corrected chi connectivity index (χ3v) is 5.56. The summed E-state index contributed by atoms with van der Waals surface area (Å²) in [6.45, 7) is 0. The minimum atomic E-state index is 0.118. The van der Waals surface area contributed by atoms with Crippen molar-refractivity contribution in [2.75, 3.05) is 5.73 Å². The van der Waals surface area contributed by atoms with Crippen LogP contribution in [0.4, 0.5) is 5.69 Å². The zero-order valence-corrected chi connectivity index (χ0v) is 13.6. The van der Waals surface area contributed by atoms with Crippen LogP contribution in [0.25, 0.3) is 26.3 Å². The molecule has 0 fully saturated rings. The molecule has 0 aliphatic heterocycles. The molecular formula is C18H11N3S2. The van der Waals surface area contributed by atoms with Gasteiger partial charge >= 0.3 is 0 Å². The molecule has 2 N–H and O–H groups in total. The first-order valence-corrected chi connectivity index (χ1v) is 8.41. The van der Waals surface area contributed by atoms with Crippen LogP contribution in [-0.2, 0) is 0 Å². The minimum Gasteiger partial charge on any atom is -0.399 e. The van der Waals surface area contributed by atoms with Gasteiger partial charge in [0.2, 0.25) is 0 Å². The number of rotatable bonds is 3. The molecule has 23 heavy (non-hydrogen) atoms. The summed E-state index contributed by atoms with van der Waals surface area (Å²) in [6.07, 6.45) is 1.61. The van der Waals surface area contributed by atoms with Crippen LogP contribution in [0.3, 0.4) is 0 Å². The maximum absolute atomic E-state index is 8.82. The van der Waals surface area contributed by atoms with E-state index in [-0.39, 0.29) is 5.57 Å². The van der Waals surface area contributed by atoms with Crippen molar-refractivity contribution in [2.24, 2.45) is 0 Å². The van der Waals surface area contributed by atoms with Crippen molar-refractivity contribution in [3.05, 3.63) is 59.0 Å². The predicted molar refractivity (Wildman–Crippen MR) is 96.7 cm³/mol. The van der Waals surface area contributed by atoms with Crippen LogP contribution in [0.15, 0.2) is 54.1 Å². The molecular weight excluding hydrogens is 322 g/mol. The Labute approximate surface area is 142 Å². The van der Waals surface area contributed by atoms with Crippen molar-refractivity contribution in [1.82, 2.24) is 0 Å². The average molecular weight is 333 g/mol. The van der Waals surface area contributed by atoms with Gasteiger partial charge in [-0.3, -0.25) is 0 Å². The van der Waals surface area contributed by atoms with E-state index in [1.165, 1.54) is 4.88 Å². The first kappa shape index (κ1) is 15.1. The number of allylic oxidation sites excluding steroid dienone is 1. The molecule has 0 bridgehead atoms. The van der Waals surface area contributed by atoms with Crippen molar-refractivity contribution in [1.29, 1.82) is 10.5 Å². The molecule has 0 atom stereocenters. The highest BCUT2D eigenvalue weighted by atomic mass is 32.1. The lowest BCUT2D eigenvalue weighted by atomic mass is 10.2. The number of nitriles is 2. The van der Waals surface area contributed by atoms with Crippen LogP contribution in [0, 0.1) is 22.7 Å². The zero-order chi connectivity index (χ0) is 16.2. The summed E-state index contributed by atoms with van der Waals surface area (Å²) in [5.74, 6) is 0. The van der Waals surface area contributed by atoms with E-state index in [4.69, 9.17) is 16.3 Å². The molecule has 0 saturated heterocycles. The summed E-state index contributed by atoms with van der Waals surface area (Å²) in [6, 6.07) is 19.7. The molecule has 1 aromatic carbocycles. The molecule has 5 heteroatoms. The SMILES string of the molecule is N#CC(C#N)=Cc1ccc(-c2ccc(-c3ccc(N)cc3)s2)s1. The van der Waals surface area contributed by atoms with E-state index >= 15 is 0 Å². The lowest BCUT2D eigenvalue weighted by Crippen LogP contribution is -1.82. The smallest absolute Gasteiger partial charge is 0.131 e. The number of nitrogen functional groups attached to an aromatic ring is 1. The van der Waals surface area contributed by atoms with E-state index in [0.29, 0.717) is 0 Å². The Bertz CT molecular complexity index is 931. The summed E-state index contributed by atoms with van der Waals surface area (Å²) in [5, 5.41) is 17.6. The van der Waals surface area contributed by atoms with Crippen molar-refractivity contribution in [3.63, 3.8) is 0 Å². The van der Waals surface area contributed by atoms with Crippen molar-refractivity contribution in [2.45, 2.75) is 0 Å². The second kappa shape index (κ2) is 6.50. The largest absolute Gasteiger partial charge is 0.399 e. The molecule has 0 saturated carbocycles. The number of nitrogens with two attached hydrogens (primary N) is 1. The third kappa shape index (κ3) is 3.32. The molecule has 0 unspecified atom stereocenters. The number of hydrogen-bond acceptors (Lipinski definition) is 5. The Morgan fingerprint density at radius 1 is 0.826 bits per heavy atom. The van der Waals surface area contributed by atoms with Crippen molar-refractivity contribution < 1.29 is 0 Å². The van der Waals surface area contributed by atoms with Crippen LogP contribution in [0.1, 0.15) is 4.88 Å². The lowest BCUT2D eigenvalue weighted by molar-refractivity contribution is 1.47. The van der Waals surface area contributed by atoms with Gasteiger partial charge in [-0.1, -0.05) is 12.1 Å². The highest BCUT2D eigenvalue weighted by Gasteiger charge is 2.07. The fourth-order valence-electron chi connectivity index (χ4n) is 2.07. The molecule has 0 aliphatic carbocycles. The number of hydrogen-bond donors (Lipinski definition) is 1. The molecule has 2 aromatic heterocycles. The molecule has 0 radical (unpaired) electrons. The van der Waals surface area contributed by atoms with Crippen LogP contribution in [-0.4, -0.2) is 0 Å². The number of benzene rings is 1. The number of nitrogens with zero attached hydrogens (tertiary/aromatic N) is 2. The van der Waals surface area contributed by atoms with Gasteiger partial charge in [0.1, 0.15) is 17.7 Å². The van der Waals surface area contributed by atoms with Gasteiger partial charge in [0.15, 0.2) is 0 Å². The summed E-state index contributed by atoms with van der Waals surface area (Å²) in [7, 11) is 0. The van der Waals surface area contributed by atoms with Crippen LogP contribution >= 0.6 is 22.7 Å². The Morgan fingerprint density at radius 3 is 2.13 bits per heavy atom. The molecule has 110 valence electrons. The molecule has 3 nitrogen and oxygen atoms in total. The summed E-state index contributed by atoms with van der Waals surface area (Å²) < 4.78 is 0. The summed E-state index contributed by atoms with van der Waals surface area (Å²) in [4.78, 5) is 4.37. The fraction of sp³-hybridized carbons (Fsp3) is 0. The molecule has 3 rings (SSSR count). The highest BCUT2D eigenvalue weighted by Crippen LogP contribution is 2.38. The van der Waals surface area contributed by atoms with Gasteiger partial charge in [-0.2, -0.15) is 10.5 Å². The maximum Gasteiger partial charge on any atom is 0.131 e. The van der Waals surface area contributed by atoms with Crippen LogP contribution < -0.4 is 5.73 Å². The van der Waals surface area contributed by atoms with E-state index in [1.54, 1.807) is 28.7 Å². The monoisotopic (exact) mass is 333 g/mol.